The molecule has 0 bridgehead atoms. The van der Waals surface area contributed by atoms with Gasteiger partial charge < -0.3 is 18.5 Å². The van der Waals surface area contributed by atoms with Crippen molar-refractivity contribution in [2.24, 2.45) is 4.99 Å². The zero-order chi connectivity index (χ0) is 19.0. The first kappa shape index (κ1) is 17.4. The van der Waals surface area contributed by atoms with Crippen molar-refractivity contribution in [3.05, 3.63) is 53.0 Å². The lowest BCUT2D eigenvalue weighted by Crippen LogP contribution is -2.16. The van der Waals surface area contributed by atoms with Crippen LogP contribution in [-0.4, -0.2) is 24.7 Å². The summed E-state index contributed by atoms with van der Waals surface area (Å²) >= 11 is 1.44. The van der Waals surface area contributed by atoms with Gasteiger partial charge in [0, 0.05) is 11.9 Å². The fraction of sp³-hybridized carbons (Fsp3) is 0.200. The third-order valence-electron chi connectivity index (χ3n) is 4.34. The molecule has 0 spiro atoms. The molecule has 0 unspecified atom stereocenters. The summed E-state index contributed by atoms with van der Waals surface area (Å²) in [6, 6.07) is 13.0. The molecular formula is C20H18N2O4S. The molecule has 0 N–H and O–H groups in total. The molecule has 0 fully saturated rings. The summed E-state index contributed by atoms with van der Waals surface area (Å²) < 4.78 is 19.5. The van der Waals surface area contributed by atoms with Crippen LogP contribution in [-0.2, 0) is 6.54 Å². The SMILES string of the molecule is CCn1c(=NC(=O)c2cc3cccc(OC)c3o2)sc2cccc(OC)c21. The zero-order valence-electron chi connectivity index (χ0n) is 15.2. The number of carbonyl (C=O) groups is 1. The van der Waals surface area contributed by atoms with Crippen molar-refractivity contribution in [1.29, 1.82) is 0 Å². The second kappa shape index (κ2) is 6.92. The second-order valence-electron chi connectivity index (χ2n) is 5.84. The highest BCUT2D eigenvalue weighted by Crippen LogP contribution is 2.29. The molecule has 0 saturated heterocycles. The van der Waals surface area contributed by atoms with Crippen LogP contribution in [0.25, 0.3) is 21.2 Å². The lowest BCUT2D eigenvalue weighted by atomic mass is 10.2. The van der Waals surface area contributed by atoms with Crippen LogP contribution in [0.3, 0.4) is 0 Å². The maximum absolute atomic E-state index is 12.7. The van der Waals surface area contributed by atoms with Crippen LogP contribution >= 0.6 is 11.3 Å². The van der Waals surface area contributed by atoms with Gasteiger partial charge in [-0.15, -0.1) is 0 Å². The fourth-order valence-electron chi connectivity index (χ4n) is 3.09. The minimum Gasteiger partial charge on any atom is -0.495 e. The van der Waals surface area contributed by atoms with Gasteiger partial charge in [-0.2, -0.15) is 4.99 Å². The predicted octanol–water partition coefficient (Wildman–Crippen LogP) is 4.23. The standard InChI is InChI=1S/C20H18N2O4S/c1-4-22-17-13(24-2)8-6-10-16(17)27-20(22)21-19(23)15-11-12-7-5-9-14(25-3)18(12)26-15/h5-11H,4H2,1-3H3. The van der Waals surface area contributed by atoms with Gasteiger partial charge >= 0.3 is 5.91 Å². The number of aryl methyl sites for hydroxylation is 1. The zero-order valence-corrected chi connectivity index (χ0v) is 16.0. The third-order valence-corrected chi connectivity index (χ3v) is 5.38. The smallest absolute Gasteiger partial charge is 0.315 e. The quantitative estimate of drug-likeness (QED) is 0.530. The van der Waals surface area contributed by atoms with Crippen molar-refractivity contribution in [1.82, 2.24) is 4.57 Å². The van der Waals surface area contributed by atoms with Crippen LogP contribution in [0, 0.1) is 0 Å². The van der Waals surface area contributed by atoms with Crippen molar-refractivity contribution in [3.8, 4) is 11.5 Å². The van der Waals surface area contributed by atoms with Gasteiger partial charge in [-0.05, 0) is 31.2 Å². The molecule has 1 amide bonds. The number of nitrogens with zero attached hydrogens (tertiary/aromatic N) is 2. The van der Waals surface area contributed by atoms with E-state index in [2.05, 4.69) is 4.99 Å². The number of para-hydroxylation sites is 2. The van der Waals surface area contributed by atoms with Gasteiger partial charge in [0.15, 0.2) is 21.9 Å². The van der Waals surface area contributed by atoms with Crippen LogP contribution in [0.15, 0.2) is 51.9 Å². The third kappa shape index (κ3) is 2.90. The summed E-state index contributed by atoms with van der Waals surface area (Å²) in [5.41, 5.74) is 1.48. The van der Waals surface area contributed by atoms with Crippen LogP contribution in [0.1, 0.15) is 17.5 Å². The van der Waals surface area contributed by atoms with Crippen molar-refractivity contribution in [3.63, 3.8) is 0 Å². The molecule has 0 saturated carbocycles. The number of carbonyl (C=O) groups excluding carboxylic acids is 1. The molecule has 0 aliphatic rings. The molecule has 0 atom stereocenters. The number of methoxy groups -OCH3 is 2. The Bertz CT molecular complexity index is 1220. The number of hydrogen-bond donors (Lipinski definition) is 0. The van der Waals surface area contributed by atoms with E-state index in [9.17, 15) is 4.79 Å². The lowest BCUT2D eigenvalue weighted by Gasteiger charge is -2.05. The molecule has 2 aromatic carbocycles. The topological polar surface area (TPSA) is 66.0 Å². The van der Waals surface area contributed by atoms with Gasteiger partial charge in [-0.25, -0.2) is 0 Å². The number of amides is 1. The van der Waals surface area contributed by atoms with Crippen molar-refractivity contribution >= 4 is 38.4 Å². The molecule has 0 aliphatic heterocycles. The molecule has 27 heavy (non-hydrogen) atoms. The minimum atomic E-state index is -0.430. The van der Waals surface area contributed by atoms with Crippen molar-refractivity contribution in [2.75, 3.05) is 14.2 Å². The number of ether oxygens (including phenoxy) is 2. The number of fused-ring (bicyclic) bond motifs is 2. The first-order valence-electron chi connectivity index (χ1n) is 8.48. The van der Waals surface area contributed by atoms with E-state index in [1.54, 1.807) is 26.4 Å². The molecular weight excluding hydrogens is 364 g/mol. The predicted molar refractivity (Wildman–Crippen MR) is 105 cm³/mol. The van der Waals surface area contributed by atoms with Gasteiger partial charge in [0.25, 0.3) is 0 Å². The molecule has 6 nitrogen and oxygen atoms in total. The summed E-state index contributed by atoms with van der Waals surface area (Å²) in [5, 5.41) is 0.800. The van der Waals surface area contributed by atoms with Gasteiger partial charge in [0.05, 0.1) is 18.9 Å². The molecule has 0 aliphatic carbocycles. The molecule has 2 aromatic heterocycles. The molecule has 7 heteroatoms. The Labute approximate surface area is 159 Å². The normalized spacial score (nSPS) is 12.0. The fourth-order valence-corrected chi connectivity index (χ4v) is 4.20. The summed E-state index contributed by atoms with van der Waals surface area (Å²) in [5.74, 6) is 1.09. The number of benzene rings is 2. The number of aromatic nitrogens is 1. The summed E-state index contributed by atoms with van der Waals surface area (Å²) in [7, 11) is 3.20. The van der Waals surface area contributed by atoms with E-state index in [0.29, 0.717) is 22.7 Å². The summed E-state index contributed by atoms with van der Waals surface area (Å²) in [6.45, 7) is 2.68. The van der Waals surface area contributed by atoms with Crippen molar-refractivity contribution in [2.45, 2.75) is 13.5 Å². The van der Waals surface area contributed by atoms with E-state index < -0.39 is 5.91 Å². The van der Waals surface area contributed by atoms with Crippen LogP contribution < -0.4 is 14.3 Å². The summed E-state index contributed by atoms with van der Waals surface area (Å²) in [4.78, 5) is 17.7. The Morgan fingerprint density at radius 3 is 2.63 bits per heavy atom. The van der Waals surface area contributed by atoms with Gasteiger partial charge in [0.2, 0.25) is 0 Å². The Morgan fingerprint density at radius 1 is 1.15 bits per heavy atom. The Kier molecular flexibility index (Phi) is 4.45. The first-order chi connectivity index (χ1) is 13.2. The molecule has 0 radical (unpaired) electrons. The number of hydrogen-bond acceptors (Lipinski definition) is 5. The van der Waals surface area contributed by atoms with E-state index >= 15 is 0 Å². The highest BCUT2D eigenvalue weighted by atomic mass is 32.1. The van der Waals surface area contributed by atoms with Crippen LogP contribution in [0.5, 0.6) is 11.5 Å². The molecule has 4 rings (SSSR count). The summed E-state index contributed by atoms with van der Waals surface area (Å²) in [6.07, 6.45) is 0. The van der Waals surface area contributed by atoms with Gasteiger partial charge in [0.1, 0.15) is 11.3 Å². The minimum absolute atomic E-state index is 0.182. The average Bonchev–Trinajstić information content (AvgIpc) is 3.28. The first-order valence-corrected chi connectivity index (χ1v) is 9.30. The van der Waals surface area contributed by atoms with E-state index in [1.165, 1.54) is 11.3 Å². The molecule has 2 heterocycles. The second-order valence-corrected chi connectivity index (χ2v) is 6.85. The number of thiazole rings is 1. The van der Waals surface area contributed by atoms with Crippen LogP contribution in [0.4, 0.5) is 0 Å². The maximum Gasteiger partial charge on any atom is 0.315 e. The van der Waals surface area contributed by atoms with Gasteiger partial charge in [-0.1, -0.05) is 29.5 Å². The highest BCUT2D eigenvalue weighted by molar-refractivity contribution is 7.16. The van der Waals surface area contributed by atoms with E-state index in [4.69, 9.17) is 13.9 Å². The maximum atomic E-state index is 12.7. The monoisotopic (exact) mass is 382 g/mol. The van der Waals surface area contributed by atoms with E-state index in [-0.39, 0.29) is 5.76 Å². The Balaban J connectivity index is 1.85. The van der Waals surface area contributed by atoms with E-state index in [1.807, 2.05) is 41.8 Å². The van der Waals surface area contributed by atoms with Crippen LogP contribution in [0.2, 0.25) is 0 Å². The lowest BCUT2D eigenvalue weighted by molar-refractivity contribution is 0.0973. The number of rotatable bonds is 4. The Hall–Kier alpha value is -3.06. The average molecular weight is 382 g/mol. The van der Waals surface area contributed by atoms with Gasteiger partial charge in [-0.3, -0.25) is 4.79 Å². The molecule has 4 aromatic rings. The molecule has 138 valence electrons. The Morgan fingerprint density at radius 2 is 1.89 bits per heavy atom. The van der Waals surface area contributed by atoms with E-state index in [0.717, 1.165) is 21.4 Å². The van der Waals surface area contributed by atoms with Crippen molar-refractivity contribution < 1.29 is 18.7 Å². The largest absolute Gasteiger partial charge is 0.495 e. The highest BCUT2D eigenvalue weighted by Gasteiger charge is 2.16. The number of furan rings is 1.